The third-order valence-corrected chi connectivity index (χ3v) is 6.65. The molecule has 2 aromatic heterocycles. The number of amides is 1. The summed E-state index contributed by atoms with van der Waals surface area (Å²) < 4.78 is 13.8. The van der Waals surface area contributed by atoms with Gasteiger partial charge in [-0.3, -0.25) is 14.8 Å². The Kier molecular flexibility index (Phi) is 4.53. The molecule has 0 bridgehead atoms. The number of nitrogens with zero attached hydrogens (tertiary/aromatic N) is 2. The van der Waals surface area contributed by atoms with Crippen molar-refractivity contribution in [1.82, 2.24) is 9.97 Å². The highest BCUT2D eigenvalue weighted by Crippen LogP contribution is 2.54. The van der Waals surface area contributed by atoms with Gasteiger partial charge in [-0.1, -0.05) is 19.3 Å². The van der Waals surface area contributed by atoms with E-state index >= 15 is 0 Å². The molecule has 148 valence electrons. The number of carbonyl (C=O) groups excluding carboxylic acids is 1. The first-order valence-corrected chi connectivity index (χ1v) is 10.4. The first-order chi connectivity index (χ1) is 14.1. The topological polar surface area (TPSA) is 54.9 Å². The zero-order valence-electron chi connectivity index (χ0n) is 16.3. The van der Waals surface area contributed by atoms with Crippen LogP contribution in [0, 0.1) is 17.2 Å². The zero-order valence-corrected chi connectivity index (χ0v) is 16.3. The van der Waals surface area contributed by atoms with Crippen molar-refractivity contribution in [2.75, 3.05) is 5.32 Å². The number of benzene rings is 1. The minimum Gasteiger partial charge on any atom is -0.326 e. The van der Waals surface area contributed by atoms with E-state index in [9.17, 15) is 9.18 Å². The van der Waals surface area contributed by atoms with E-state index in [0.29, 0.717) is 22.0 Å². The van der Waals surface area contributed by atoms with Crippen LogP contribution >= 0.6 is 0 Å². The summed E-state index contributed by atoms with van der Waals surface area (Å²) in [5, 5.41) is 3.78. The zero-order chi connectivity index (χ0) is 19.8. The van der Waals surface area contributed by atoms with Gasteiger partial charge >= 0.3 is 0 Å². The lowest BCUT2D eigenvalue weighted by Crippen LogP contribution is -2.44. The molecule has 4 nitrogen and oxygen atoms in total. The Balaban J connectivity index is 1.34. The van der Waals surface area contributed by atoms with Gasteiger partial charge < -0.3 is 5.32 Å². The fraction of sp³-hybridized carbons (Fsp3) is 0.375. The Labute approximate surface area is 169 Å². The maximum absolute atomic E-state index is 13.8. The van der Waals surface area contributed by atoms with E-state index in [-0.39, 0.29) is 17.6 Å². The van der Waals surface area contributed by atoms with Crippen molar-refractivity contribution in [2.24, 2.45) is 11.3 Å². The molecular weight excluding hydrogens is 365 g/mol. The van der Waals surface area contributed by atoms with Crippen molar-refractivity contribution in [1.29, 1.82) is 0 Å². The van der Waals surface area contributed by atoms with Crippen molar-refractivity contribution in [3.63, 3.8) is 0 Å². The monoisotopic (exact) mass is 389 g/mol. The second-order valence-electron chi connectivity index (χ2n) is 8.60. The number of rotatable bonds is 3. The summed E-state index contributed by atoms with van der Waals surface area (Å²) in [6, 6.07) is 10.0. The molecule has 0 atom stereocenters. The van der Waals surface area contributed by atoms with Crippen molar-refractivity contribution < 1.29 is 9.18 Å². The molecule has 2 aliphatic rings. The average molecular weight is 389 g/mol. The van der Waals surface area contributed by atoms with Crippen LogP contribution in [0.3, 0.4) is 0 Å². The highest BCUT2D eigenvalue weighted by atomic mass is 19.1. The minimum absolute atomic E-state index is 0.101. The molecule has 1 spiro atoms. The average Bonchev–Trinajstić information content (AvgIpc) is 2.72. The number of hydrogen-bond acceptors (Lipinski definition) is 3. The number of pyridine rings is 2. The van der Waals surface area contributed by atoms with Crippen LogP contribution in [0.5, 0.6) is 0 Å². The largest absolute Gasteiger partial charge is 0.326 e. The van der Waals surface area contributed by atoms with Crippen LogP contribution in [0.4, 0.5) is 10.1 Å². The maximum Gasteiger partial charge on any atom is 0.227 e. The van der Waals surface area contributed by atoms with Crippen molar-refractivity contribution in [3.8, 4) is 11.3 Å². The lowest BCUT2D eigenvalue weighted by Gasteiger charge is -2.49. The molecule has 1 amide bonds. The van der Waals surface area contributed by atoms with Crippen molar-refractivity contribution >= 4 is 22.5 Å². The normalized spacial score (nSPS) is 18.5. The fourth-order valence-corrected chi connectivity index (χ4v) is 5.12. The van der Waals surface area contributed by atoms with Crippen LogP contribution in [0.25, 0.3) is 22.2 Å². The Bertz CT molecular complexity index is 1070. The quantitative estimate of drug-likeness (QED) is 0.622. The van der Waals surface area contributed by atoms with Crippen molar-refractivity contribution in [2.45, 2.75) is 44.9 Å². The van der Waals surface area contributed by atoms with Gasteiger partial charge in [-0.2, -0.15) is 0 Å². The van der Waals surface area contributed by atoms with E-state index in [2.05, 4.69) is 15.3 Å². The molecule has 5 heteroatoms. The summed E-state index contributed by atoms with van der Waals surface area (Å²) in [5.74, 6) is -0.0950. The molecule has 0 saturated heterocycles. The molecule has 0 radical (unpaired) electrons. The van der Waals surface area contributed by atoms with Crippen LogP contribution in [-0.2, 0) is 4.79 Å². The van der Waals surface area contributed by atoms with Gasteiger partial charge in [0.1, 0.15) is 5.82 Å². The summed E-state index contributed by atoms with van der Waals surface area (Å²) in [5.41, 5.74) is 3.37. The van der Waals surface area contributed by atoms with Gasteiger partial charge in [0.25, 0.3) is 0 Å². The third kappa shape index (κ3) is 3.50. The Morgan fingerprint density at radius 1 is 1.00 bits per heavy atom. The molecule has 0 unspecified atom stereocenters. The summed E-state index contributed by atoms with van der Waals surface area (Å²) >= 11 is 0. The van der Waals surface area contributed by atoms with Crippen LogP contribution in [0.1, 0.15) is 44.9 Å². The van der Waals surface area contributed by atoms with Gasteiger partial charge in [0.05, 0.1) is 11.2 Å². The van der Waals surface area contributed by atoms with Gasteiger partial charge in [0, 0.05) is 34.9 Å². The molecular formula is C24H24FN3O. The van der Waals surface area contributed by atoms with Gasteiger partial charge in [-0.25, -0.2) is 4.39 Å². The second-order valence-corrected chi connectivity index (χ2v) is 8.60. The summed E-state index contributed by atoms with van der Waals surface area (Å²) in [4.78, 5) is 21.5. The van der Waals surface area contributed by atoms with Gasteiger partial charge in [-0.15, -0.1) is 0 Å². The number of anilines is 1. The molecule has 3 aromatic rings. The highest BCUT2D eigenvalue weighted by Gasteiger charge is 2.47. The fourth-order valence-electron chi connectivity index (χ4n) is 5.12. The maximum atomic E-state index is 13.8. The van der Waals surface area contributed by atoms with Crippen LogP contribution < -0.4 is 5.32 Å². The summed E-state index contributed by atoms with van der Waals surface area (Å²) in [7, 11) is 0. The predicted molar refractivity (Wildman–Crippen MR) is 112 cm³/mol. The molecule has 5 rings (SSSR count). The van der Waals surface area contributed by atoms with Crippen LogP contribution in [0.2, 0.25) is 0 Å². The molecule has 1 aromatic carbocycles. The SMILES string of the molecule is O=C(Nc1ccnc(-c2ccnc3ccc(F)cc23)c1)C1CC2(CCCCC2)C1. The standard InChI is InChI=1S/C24H24FN3O/c25-17-4-5-21-20(12-17)19(7-11-26-21)22-13-18(6-10-27-22)28-23(29)16-14-24(15-16)8-2-1-3-9-24/h4-7,10-13,16H,1-3,8-9,14-15H2,(H,27,28,29). The Morgan fingerprint density at radius 3 is 2.62 bits per heavy atom. The molecule has 2 fully saturated rings. The first kappa shape index (κ1) is 18.2. The predicted octanol–water partition coefficient (Wildman–Crippen LogP) is 5.73. The van der Waals surface area contributed by atoms with E-state index in [1.807, 2.05) is 12.1 Å². The molecule has 2 saturated carbocycles. The van der Waals surface area contributed by atoms with Crippen LogP contribution in [-0.4, -0.2) is 15.9 Å². The summed E-state index contributed by atoms with van der Waals surface area (Å²) in [6.45, 7) is 0. The van der Waals surface area contributed by atoms with E-state index in [4.69, 9.17) is 0 Å². The van der Waals surface area contributed by atoms with E-state index in [1.54, 1.807) is 24.5 Å². The van der Waals surface area contributed by atoms with Crippen LogP contribution in [0.15, 0.2) is 48.8 Å². The third-order valence-electron chi connectivity index (χ3n) is 6.65. The molecule has 29 heavy (non-hydrogen) atoms. The van der Waals surface area contributed by atoms with E-state index in [0.717, 1.165) is 24.1 Å². The van der Waals surface area contributed by atoms with E-state index in [1.165, 1.54) is 44.2 Å². The Hall–Kier alpha value is -2.82. The van der Waals surface area contributed by atoms with E-state index < -0.39 is 0 Å². The van der Waals surface area contributed by atoms with Gasteiger partial charge in [-0.05, 0) is 67.5 Å². The number of hydrogen-bond donors (Lipinski definition) is 1. The number of halogens is 1. The minimum atomic E-state index is -0.308. The molecule has 2 aliphatic carbocycles. The van der Waals surface area contributed by atoms with Crippen molar-refractivity contribution in [3.05, 3.63) is 54.6 Å². The first-order valence-electron chi connectivity index (χ1n) is 10.4. The van der Waals surface area contributed by atoms with Gasteiger partial charge in [0.2, 0.25) is 5.91 Å². The molecule has 0 aliphatic heterocycles. The highest BCUT2D eigenvalue weighted by molar-refractivity contribution is 5.96. The molecule has 2 heterocycles. The Morgan fingerprint density at radius 2 is 1.79 bits per heavy atom. The second kappa shape index (κ2) is 7.21. The lowest BCUT2D eigenvalue weighted by atomic mass is 9.55. The molecule has 1 N–H and O–H groups in total. The smallest absolute Gasteiger partial charge is 0.227 e. The number of aromatic nitrogens is 2. The number of fused-ring (bicyclic) bond motifs is 1. The number of carbonyl (C=O) groups is 1. The van der Waals surface area contributed by atoms with Gasteiger partial charge in [0.15, 0.2) is 0 Å². The lowest BCUT2D eigenvalue weighted by molar-refractivity contribution is -0.128. The summed E-state index contributed by atoms with van der Waals surface area (Å²) in [6.07, 6.45) is 11.9. The number of nitrogens with one attached hydrogen (secondary N) is 1.